The van der Waals surface area contributed by atoms with Crippen LogP contribution in [0.2, 0.25) is 10.0 Å². The molecule has 0 aliphatic carbocycles. The van der Waals surface area contributed by atoms with Crippen LogP contribution < -0.4 is 5.32 Å². The van der Waals surface area contributed by atoms with Crippen LogP contribution in [0.15, 0.2) is 54.9 Å². The lowest BCUT2D eigenvalue weighted by atomic mass is 9.95. The van der Waals surface area contributed by atoms with Crippen molar-refractivity contribution in [2.45, 2.75) is 38.8 Å². The smallest absolute Gasteiger partial charge is 0.346 e. The molecule has 5 aromatic rings. The number of hydrogen-bond acceptors (Lipinski definition) is 8. The van der Waals surface area contributed by atoms with Crippen LogP contribution in [0.4, 0.5) is 26.3 Å². The second-order valence-electron chi connectivity index (χ2n) is 9.95. The van der Waals surface area contributed by atoms with E-state index in [0.717, 1.165) is 16.8 Å². The summed E-state index contributed by atoms with van der Waals surface area (Å²) in [6.45, 7) is 0.999. The Hall–Kier alpha value is -4.90. The van der Waals surface area contributed by atoms with E-state index < -0.39 is 42.0 Å². The van der Waals surface area contributed by atoms with Crippen molar-refractivity contribution in [2.75, 3.05) is 0 Å². The molecule has 4 heterocycles. The molecular weight excluding hydrogens is 679 g/mol. The SMILES string of the molecule is Cc1cc(Cl)cc(C(=O)NCc2ccc(C(F)(F)F)cn2)c1CC(=O)c1cc(Cn2nnc(C(F)(F)F)n2)nn1-c1ncccc1Cl. The summed E-state index contributed by atoms with van der Waals surface area (Å²) in [7, 11) is 0. The van der Waals surface area contributed by atoms with E-state index in [9.17, 15) is 35.9 Å². The summed E-state index contributed by atoms with van der Waals surface area (Å²) < 4.78 is 78.7. The van der Waals surface area contributed by atoms with Gasteiger partial charge in [0.25, 0.3) is 11.7 Å². The lowest BCUT2D eigenvalue weighted by Gasteiger charge is -2.14. The molecule has 1 N–H and O–H groups in total. The molecule has 0 aliphatic rings. The third-order valence-electron chi connectivity index (χ3n) is 6.60. The highest BCUT2D eigenvalue weighted by Crippen LogP contribution is 2.29. The van der Waals surface area contributed by atoms with Gasteiger partial charge in [-0.15, -0.1) is 10.2 Å². The van der Waals surface area contributed by atoms with E-state index >= 15 is 0 Å². The molecule has 1 aromatic carbocycles. The van der Waals surface area contributed by atoms with Gasteiger partial charge in [-0.3, -0.25) is 14.6 Å². The van der Waals surface area contributed by atoms with Crippen LogP contribution in [0.1, 0.15) is 54.7 Å². The zero-order chi connectivity index (χ0) is 34.1. The average molecular weight is 698 g/mol. The number of rotatable bonds is 9. The van der Waals surface area contributed by atoms with Gasteiger partial charge >= 0.3 is 12.4 Å². The molecule has 0 atom stereocenters. The number of benzene rings is 1. The number of halogens is 8. The number of nitrogens with zero attached hydrogens (tertiary/aromatic N) is 8. The van der Waals surface area contributed by atoms with Gasteiger partial charge in [-0.1, -0.05) is 23.2 Å². The Labute approximate surface area is 270 Å². The number of ketones is 1. The third-order valence-corrected chi connectivity index (χ3v) is 7.11. The van der Waals surface area contributed by atoms with Gasteiger partial charge in [0, 0.05) is 29.4 Å². The molecule has 0 unspecified atom stereocenters. The summed E-state index contributed by atoms with van der Waals surface area (Å²) in [5.74, 6) is -2.68. The molecule has 0 spiro atoms. The summed E-state index contributed by atoms with van der Waals surface area (Å²) in [6, 6.07) is 9.15. The number of pyridine rings is 2. The van der Waals surface area contributed by atoms with Crippen molar-refractivity contribution in [3.8, 4) is 5.82 Å². The van der Waals surface area contributed by atoms with Crippen LogP contribution in [0, 0.1) is 6.92 Å². The monoisotopic (exact) mass is 697 g/mol. The lowest BCUT2D eigenvalue weighted by Crippen LogP contribution is -2.26. The Morgan fingerprint density at radius 3 is 2.34 bits per heavy atom. The number of tetrazole rings is 1. The van der Waals surface area contributed by atoms with Crippen LogP contribution in [0.3, 0.4) is 0 Å². The molecule has 11 nitrogen and oxygen atoms in total. The molecule has 4 aromatic heterocycles. The number of hydrogen-bond donors (Lipinski definition) is 1. The summed E-state index contributed by atoms with van der Waals surface area (Å²) >= 11 is 12.5. The van der Waals surface area contributed by atoms with E-state index in [-0.39, 0.29) is 57.0 Å². The zero-order valence-corrected chi connectivity index (χ0v) is 25.2. The van der Waals surface area contributed by atoms with E-state index in [0.29, 0.717) is 16.6 Å². The average Bonchev–Trinajstić information content (AvgIpc) is 3.65. The fourth-order valence-corrected chi connectivity index (χ4v) is 4.87. The van der Waals surface area contributed by atoms with Gasteiger partial charge in [0.05, 0.1) is 28.5 Å². The Balaban J connectivity index is 1.43. The van der Waals surface area contributed by atoms with Crippen molar-refractivity contribution in [3.63, 3.8) is 0 Å². The van der Waals surface area contributed by atoms with E-state index in [4.69, 9.17) is 23.2 Å². The molecule has 0 fully saturated rings. The molecule has 5 rings (SSSR count). The van der Waals surface area contributed by atoms with E-state index in [1.165, 1.54) is 36.5 Å². The van der Waals surface area contributed by atoms with Gasteiger partial charge in [-0.2, -0.15) is 36.2 Å². The van der Waals surface area contributed by atoms with Crippen LogP contribution in [0.25, 0.3) is 5.82 Å². The highest BCUT2D eigenvalue weighted by Gasteiger charge is 2.37. The first-order chi connectivity index (χ1) is 22.1. The highest BCUT2D eigenvalue weighted by atomic mass is 35.5. The first-order valence-electron chi connectivity index (χ1n) is 13.3. The molecule has 0 aliphatic heterocycles. The van der Waals surface area contributed by atoms with Crippen molar-refractivity contribution in [1.82, 2.24) is 45.3 Å². The van der Waals surface area contributed by atoms with Crippen molar-refractivity contribution in [2.24, 2.45) is 0 Å². The maximum absolute atomic E-state index is 13.8. The predicted molar refractivity (Wildman–Crippen MR) is 153 cm³/mol. The minimum Gasteiger partial charge on any atom is -0.346 e. The van der Waals surface area contributed by atoms with E-state index in [1.54, 1.807) is 6.92 Å². The number of Topliss-reactive ketones (excluding diaryl/α,β-unsaturated/α-hetero) is 1. The van der Waals surface area contributed by atoms with Gasteiger partial charge in [0.2, 0.25) is 0 Å². The Kier molecular flexibility index (Phi) is 9.31. The molecule has 244 valence electrons. The Bertz CT molecular complexity index is 1960. The van der Waals surface area contributed by atoms with Gasteiger partial charge in [-0.25, -0.2) is 9.67 Å². The van der Waals surface area contributed by atoms with Crippen molar-refractivity contribution in [1.29, 1.82) is 0 Å². The molecule has 1 amide bonds. The standard InChI is InChI=1S/C28H19Cl2F6N9O2/c1-14-7-16(29)8-20(25(47)39-12-17-5-4-15(11-38-17)27(31,32)33)19(14)10-23(46)22-9-18(13-44-42-26(40-43-44)28(34,35)36)41-45(22)24-21(30)3-2-6-37-24/h2-9,11H,10,12-13H2,1H3,(H,39,47). The van der Waals surface area contributed by atoms with Crippen molar-refractivity contribution in [3.05, 3.63) is 110 Å². The number of aromatic nitrogens is 8. The Morgan fingerprint density at radius 1 is 0.936 bits per heavy atom. The van der Waals surface area contributed by atoms with E-state index in [1.807, 2.05) is 0 Å². The predicted octanol–water partition coefficient (Wildman–Crippen LogP) is 5.71. The van der Waals surface area contributed by atoms with Gasteiger partial charge < -0.3 is 5.32 Å². The fourth-order valence-electron chi connectivity index (χ4n) is 4.39. The number of carbonyl (C=O) groups is 2. The fraction of sp³-hybridized carbons (Fsp3) is 0.214. The number of aryl methyl sites for hydroxylation is 1. The highest BCUT2D eigenvalue weighted by molar-refractivity contribution is 6.32. The molecule has 19 heteroatoms. The topological polar surface area (TPSA) is 133 Å². The molecule has 47 heavy (non-hydrogen) atoms. The number of nitrogens with one attached hydrogen (secondary N) is 1. The summed E-state index contributed by atoms with van der Waals surface area (Å²) in [4.78, 5) is 35.7. The molecule has 0 radical (unpaired) electrons. The van der Waals surface area contributed by atoms with Crippen LogP contribution in [-0.4, -0.2) is 51.6 Å². The van der Waals surface area contributed by atoms with E-state index in [2.05, 4.69) is 35.8 Å². The molecular formula is C28H19Cl2F6N9O2. The summed E-state index contributed by atoms with van der Waals surface area (Å²) in [5.41, 5.74) is -0.0532. The maximum Gasteiger partial charge on any atom is 0.455 e. The Morgan fingerprint density at radius 2 is 1.70 bits per heavy atom. The number of alkyl halides is 6. The van der Waals surface area contributed by atoms with Gasteiger partial charge in [-0.05, 0) is 65.7 Å². The molecule has 0 saturated heterocycles. The van der Waals surface area contributed by atoms with Crippen LogP contribution in [-0.2, 0) is 31.9 Å². The molecule has 0 bridgehead atoms. The zero-order valence-electron chi connectivity index (χ0n) is 23.7. The second-order valence-corrected chi connectivity index (χ2v) is 10.8. The van der Waals surface area contributed by atoms with Gasteiger partial charge in [0.15, 0.2) is 11.6 Å². The largest absolute Gasteiger partial charge is 0.455 e. The second kappa shape index (κ2) is 13.1. The minimum absolute atomic E-state index is 0.0175. The molecule has 0 saturated carbocycles. The normalized spacial score (nSPS) is 11.9. The van der Waals surface area contributed by atoms with Crippen molar-refractivity contribution < 1.29 is 35.9 Å². The first-order valence-corrected chi connectivity index (χ1v) is 14.0. The third kappa shape index (κ3) is 7.74. The maximum atomic E-state index is 13.8. The van der Waals surface area contributed by atoms with Crippen LogP contribution >= 0.6 is 23.2 Å². The lowest BCUT2D eigenvalue weighted by molar-refractivity contribution is -0.145. The summed E-state index contributed by atoms with van der Waals surface area (Å²) in [6.07, 6.45) is -7.73. The summed E-state index contributed by atoms with van der Waals surface area (Å²) in [5, 5.41) is 16.9. The quantitative estimate of drug-likeness (QED) is 0.153. The van der Waals surface area contributed by atoms with Crippen molar-refractivity contribution >= 4 is 34.9 Å². The van der Waals surface area contributed by atoms with Gasteiger partial charge in [0.1, 0.15) is 12.2 Å². The first kappa shape index (κ1) is 33.5. The minimum atomic E-state index is -4.82. The number of carbonyl (C=O) groups excluding carboxylic acids is 2. The van der Waals surface area contributed by atoms with Crippen LogP contribution in [0.5, 0.6) is 0 Å². The number of amides is 1.